The van der Waals surface area contributed by atoms with Gasteiger partial charge in [-0.05, 0) is 50.3 Å². The summed E-state index contributed by atoms with van der Waals surface area (Å²) in [6, 6.07) is 9.81. The fourth-order valence-corrected chi connectivity index (χ4v) is 4.43. The van der Waals surface area contributed by atoms with Crippen molar-refractivity contribution in [2.45, 2.75) is 39.0 Å². The molecule has 0 aliphatic carbocycles. The number of anilines is 2. The lowest BCUT2D eigenvalue weighted by Crippen LogP contribution is -2.49. The Labute approximate surface area is 183 Å². The minimum Gasteiger partial charge on any atom is -0.353 e. The zero-order valence-electron chi connectivity index (χ0n) is 17.7. The highest BCUT2D eigenvalue weighted by atomic mass is 35.5. The van der Waals surface area contributed by atoms with Gasteiger partial charge in [0.25, 0.3) is 0 Å². The van der Waals surface area contributed by atoms with Gasteiger partial charge in [-0.25, -0.2) is 4.98 Å². The molecule has 0 bridgehead atoms. The molecule has 2 aromatic rings. The van der Waals surface area contributed by atoms with Crippen molar-refractivity contribution in [2.24, 2.45) is 0 Å². The van der Waals surface area contributed by atoms with Gasteiger partial charge in [-0.1, -0.05) is 23.7 Å². The average Bonchev–Trinajstić information content (AvgIpc) is 2.78. The number of piperazine rings is 1. The molecule has 7 heteroatoms. The SMILES string of the molecule is Cc1cc(N2CCN(C(=O)CCc3cccc(Cl)c3)CC2)nc(N2CCCCC2)n1. The number of benzene rings is 1. The predicted molar refractivity (Wildman–Crippen MR) is 121 cm³/mol. The van der Waals surface area contributed by atoms with Crippen molar-refractivity contribution in [3.63, 3.8) is 0 Å². The number of carbonyl (C=O) groups is 1. The van der Waals surface area contributed by atoms with Crippen LogP contribution in [0.1, 0.15) is 36.9 Å². The molecule has 160 valence electrons. The van der Waals surface area contributed by atoms with Gasteiger partial charge in [-0.15, -0.1) is 0 Å². The van der Waals surface area contributed by atoms with Crippen LogP contribution in [0, 0.1) is 6.92 Å². The molecule has 0 N–H and O–H groups in total. The second kappa shape index (κ2) is 9.65. The van der Waals surface area contributed by atoms with E-state index in [1.54, 1.807) is 0 Å². The number of rotatable bonds is 5. The Balaban J connectivity index is 1.32. The fourth-order valence-electron chi connectivity index (χ4n) is 4.22. The molecule has 6 nitrogen and oxygen atoms in total. The molecule has 2 saturated heterocycles. The second-order valence-corrected chi connectivity index (χ2v) is 8.65. The number of piperidine rings is 1. The van der Waals surface area contributed by atoms with Crippen LogP contribution in [0.2, 0.25) is 5.02 Å². The summed E-state index contributed by atoms with van der Waals surface area (Å²) in [6.07, 6.45) is 4.96. The van der Waals surface area contributed by atoms with Crippen LogP contribution < -0.4 is 9.80 Å². The molecule has 2 fully saturated rings. The molecule has 2 aliphatic heterocycles. The molecular formula is C23H30ClN5O. The molecule has 1 aromatic carbocycles. The van der Waals surface area contributed by atoms with E-state index in [-0.39, 0.29) is 5.91 Å². The lowest BCUT2D eigenvalue weighted by Gasteiger charge is -2.36. The topological polar surface area (TPSA) is 52.6 Å². The number of aromatic nitrogens is 2. The summed E-state index contributed by atoms with van der Waals surface area (Å²) < 4.78 is 0. The quantitative estimate of drug-likeness (QED) is 0.728. The highest BCUT2D eigenvalue weighted by Gasteiger charge is 2.23. The summed E-state index contributed by atoms with van der Waals surface area (Å²) in [5.41, 5.74) is 2.11. The summed E-state index contributed by atoms with van der Waals surface area (Å²) in [7, 11) is 0. The Kier molecular flexibility index (Phi) is 6.72. The first-order chi connectivity index (χ1) is 14.6. The van der Waals surface area contributed by atoms with E-state index in [0.717, 1.165) is 73.7 Å². The normalized spacial score (nSPS) is 17.3. The van der Waals surface area contributed by atoms with Gasteiger partial charge in [-0.3, -0.25) is 4.79 Å². The molecular weight excluding hydrogens is 398 g/mol. The van der Waals surface area contributed by atoms with Crippen LogP contribution in [0.4, 0.5) is 11.8 Å². The molecule has 0 atom stereocenters. The zero-order chi connectivity index (χ0) is 20.9. The molecule has 30 heavy (non-hydrogen) atoms. The summed E-state index contributed by atoms with van der Waals surface area (Å²) in [5, 5.41) is 0.720. The van der Waals surface area contributed by atoms with Crippen LogP contribution >= 0.6 is 11.6 Å². The molecule has 0 unspecified atom stereocenters. The van der Waals surface area contributed by atoms with E-state index in [1.165, 1.54) is 19.3 Å². The van der Waals surface area contributed by atoms with Crippen LogP contribution in [0.25, 0.3) is 0 Å². The van der Waals surface area contributed by atoms with E-state index in [1.807, 2.05) is 36.1 Å². The van der Waals surface area contributed by atoms with Crippen LogP contribution in [0.5, 0.6) is 0 Å². The molecule has 0 spiro atoms. The smallest absolute Gasteiger partial charge is 0.227 e. The van der Waals surface area contributed by atoms with Gasteiger partial charge in [0.2, 0.25) is 11.9 Å². The van der Waals surface area contributed by atoms with Crippen molar-refractivity contribution in [3.05, 3.63) is 46.6 Å². The van der Waals surface area contributed by atoms with Gasteiger partial charge in [0, 0.05) is 62.5 Å². The third-order valence-corrected chi connectivity index (χ3v) is 6.18. The van der Waals surface area contributed by atoms with E-state index in [0.29, 0.717) is 6.42 Å². The first-order valence-electron chi connectivity index (χ1n) is 11.0. The molecule has 1 aromatic heterocycles. The van der Waals surface area contributed by atoms with Crippen molar-refractivity contribution >= 4 is 29.3 Å². The standard InChI is InChI=1S/C23H30ClN5O/c1-18-16-21(26-23(25-18)29-10-3-2-4-11-29)27-12-14-28(15-13-27)22(30)9-8-19-6-5-7-20(24)17-19/h5-7,16-17H,2-4,8-15H2,1H3. The maximum atomic E-state index is 12.7. The van der Waals surface area contributed by atoms with E-state index < -0.39 is 0 Å². The Morgan fingerprint density at radius 2 is 1.73 bits per heavy atom. The van der Waals surface area contributed by atoms with E-state index in [2.05, 4.69) is 20.9 Å². The minimum atomic E-state index is 0.211. The third kappa shape index (κ3) is 5.22. The maximum Gasteiger partial charge on any atom is 0.227 e. The van der Waals surface area contributed by atoms with Crippen LogP contribution in [0.15, 0.2) is 30.3 Å². The summed E-state index contributed by atoms with van der Waals surface area (Å²) >= 11 is 6.04. The van der Waals surface area contributed by atoms with Gasteiger partial charge in [0.15, 0.2) is 0 Å². The van der Waals surface area contributed by atoms with E-state index in [9.17, 15) is 4.79 Å². The van der Waals surface area contributed by atoms with Crippen molar-refractivity contribution in [1.82, 2.24) is 14.9 Å². The number of aryl methyl sites for hydroxylation is 2. The van der Waals surface area contributed by atoms with E-state index in [4.69, 9.17) is 16.6 Å². The zero-order valence-corrected chi connectivity index (χ0v) is 18.4. The average molecular weight is 428 g/mol. The summed E-state index contributed by atoms with van der Waals surface area (Å²) in [5.74, 6) is 2.04. The molecule has 1 amide bonds. The van der Waals surface area contributed by atoms with Crippen LogP contribution in [-0.2, 0) is 11.2 Å². The van der Waals surface area contributed by atoms with Gasteiger partial charge in [0.1, 0.15) is 5.82 Å². The molecule has 4 rings (SSSR count). The van der Waals surface area contributed by atoms with Crippen molar-refractivity contribution < 1.29 is 4.79 Å². The van der Waals surface area contributed by atoms with Gasteiger partial charge in [0.05, 0.1) is 0 Å². The number of hydrogen-bond donors (Lipinski definition) is 0. The minimum absolute atomic E-state index is 0.211. The fraction of sp³-hybridized carbons (Fsp3) is 0.522. The Hall–Kier alpha value is -2.34. The van der Waals surface area contributed by atoms with Gasteiger partial charge in [-0.2, -0.15) is 4.98 Å². The van der Waals surface area contributed by atoms with Gasteiger partial charge >= 0.3 is 0 Å². The Morgan fingerprint density at radius 3 is 2.47 bits per heavy atom. The predicted octanol–water partition coefficient (Wildman–Crippen LogP) is 3.71. The highest BCUT2D eigenvalue weighted by Crippen LogP contribution is 2.22. The second-order valence-electron chi connectivity index (χ2n) is 8.21. The number of nitrogens with zero attached hydrogens (tertiary/aromatic N) is 5. The van der Waals surface area contributed by atoms with Crippen molar-refractivity contribution in [1.29, 1.82) is 0 Å². The lowest BCUT2D eigenvalue weighted by atomic mass is 10.1. The lowest BCUT2D eigenvalue weighted by molar-refractivity contribution is -0.131. The van der Waals surface area contributed by atoms with Crippen molar-refractivity contribution in [3.8, 4) is 0 Å². The largest absolute Gasteiger partial charge is 0.353 e. The van der Waals surface area contributed by atoms with Gasteiger partial charge < -0.3 is 14.7 Å². The molecule has 2 aliphatic rings. The molecule has 3 heterocycles. The Bertz CT molecular complexity index is 876. The summed E-state index contributed by atoms with van der Waals surface area (Å²) in [6.45, 7) is 7.19. The Morgan fingerprint density at radius 1 is 0.967 bits per heavy atom. The first kappa shape index (κ1) is 20.9. The molecule has 0 radical (unpaired) electrons. The monoisotopic (exact) mass is 427 g/mol. The van der Waals surface area contributed by atoms with E-state index >= 15 is 0 Å². The van der Waals surface area contributed by atoms with Crippen molar-refractivity contribution in [2.75, 3.05) is 49.1 Å². The highest BCUT2D eigenvalue weighted by molar-refractivity contribution is 6.30. The number of hydrogen-bond acceptors (Lipinski definition) is 5. The maximum absolute atomic E-state index is 12.7. The number of halogens is 1. The third-order valence-electron chi connectivity index (χ3n) is 5.94. The van der Waals surface area contributed by atoms with Crippen LogP contribution in [-0.4, -0.2) is 60.0 Å². The molecule has 0 saturated carbocycles. The van der Waals surface area contributed by atoms with Crippen LogP contribution in [0.3, 0.4) is 0 Å². The number of carbonyl (C=O) groups excluding carboxylic acids is 1. The summed E-state index contributed by atoms with van der Waals surface area (Å²) in [4.78, 5) is 28.7. The first-order valence-corrected chi connectivity index (χ1v) is 11.3. The number of amides is 1.